The van der Waals surface area contributed by atoms with E-state index < -0.39 is 12.0 Å². The Morgan fingerprint density at radius 3 is 2.35 bits per heavy atom. The van der Waals surface area contributed by atoms with Crippen molar-refractivity contribution in [3.05, 3.63) is 34.9 Å². The summed E-state index contributed by atoms with van der Waals surface area (Å²) in [7, 11) is 1.31. The van der Waals surface area contributed by atoms with Gasteiger partial charge in [0.1, 0.15) is 6.04 Å². The summed E-state index contributed by atoms with van der Waals surface area (Å²) in [5.74, 6) is -0.356. The highest BCUT2D eigenvalue weighted by Gasteiger charge is 2.22. The van der Waals surface area contributed by atoms with Crippen LogP contribution in [0, 0.1) is 5.92 Å². The fourth-order valence-corrected chi connectivity index (χ4v) is 1.94. The van der Waals surface area contributed by atoms with E-state index >= 15 is 0 Å². The molecule has 0 fully saturated rings. The van der Waals surface area contributed by atoms with Gasteiger partial charge in [0, 0.05) is 17.9 Å². The Balaban J connectivity index is 2.72. The highest BCUT2D eigenvalue weighted by molar-refractivity contribution is 6.30. The highest BCUT2D eigenvalue weighted by Crippen LogP contribution is 2.12. The third-order valence-electron chi connectivity index (χ3n) is 2.77. The average molecular weight is 298 g/mol. The molecule has 1 amide bonds. The minimum Gasteiger partial charge on any atom is -0.467 e. The summed E-state index contributed by atoms with van der Waals surface area (Å²) in [5.41, 5.74) is 0.912. The van der Waals surface area contributed by atoms with E-state index in [1.165, 1.54) is 7.11 Å². The van der Waals surface area contributed by atoms with Crippen molar-refractivity contribution in [2.75, 3.05) is 7.11 Å². The van der Waals surface area contributed by atoms with Crippen molar-refractivity contribution < 1.29 is 14.3 Å². The summed E-state index contributed by atoms with van der Waals surface area (Å²) in [4.78, 5) is 23.5. The topological polar surface area (TPSA) is 55.4 Å². The quantitative estimate of drug-likeness (QED) is 0.821. The maximum atomic E-state index is 11.8. The van der Waals surface area contributed by atoms with Gasteiger partial charge < -0.3 is 10.1 Å². The molecule has 0 radical (unpaired) electrons. The van der Waals surface area contributed by atoms with Crippen molar-refractivity contribution in [1.82, 2.24) is 5.32 Å². The lowest BCUT2D eigenvalue weighted by atomic mass is 10.0. The molecule has 110 valence electrons. The molecule has 0 unspecified atom stereocenters. The van der Waals surface area contributed by atoms with Crippen LogP contribution in [0.3, 0.4) is 0 Å². The van der Waals surface area contributed by atoms with Crippen molar-refractivity contribution in [2.24, 2.45) is 5.92 Å². The van der Waals surface area contributed by atoms with Gasteiger partial charge in [-0.05, 0) is 23.6 Å². The van der Waals surface area contributed by atoms with Gasteiger partial charge >= 0.3 is 5.97 Å². The molecule has 1 aromatic carbocycles. The Morgan fingerprint density at radius 2 is 1.85 bits per heavy atom. The number of hydrogen-bond donors (Lipinski definition) is 1. The second-order valence-electron chi connectivity index (χ2n) is 5.07. The maximum absolute atomic E-state index is 11.8. The normalized spacial score (nSPS) is 12.1. The Kier molecular flexibility index (Phi) is 6.52. The molecule has 4 nitrogen and oxygen atoms in total. The lowest BCUT2D eigenvalue weighted by molar-refractivity contribution is -0.145. The zero-order valence-electron chi connectivity index (χ0n) is 12.0. The molecule has 0 aromatic heterocycles. The molecular weight excluding hydrogens is 278 g/mol. The number of benzene rings is 1. The molecule has 1 rings (SSSR count). The van der Waals surface area contributed by atoms with Crippen LogP contribution in [0.25, 0.3) is 0 Å². The molecule has 0 saturated carbocycles. The SMILES string of the molecule is COC(=O)[C@H](Cc1ccc(Cl)cc1)NC(=O)CC(C)C. The summed E-state index contributed by atoms with van der Waals surface area (Å²) in [6, 6.07) is 6.48. The number of esters is 1. The van der Waals surface area contributed by atoms with E-state index in [0.29, 0.717) is 17.9 Å². The van der Waals surface area contributed by atoms with E-state index in [-0.39, 0.29) is 11.8 Å². The number of halogens is 1. The number of amides is 1. The first-order valence-electron chi connectivity index (χ1n) is 6.54. The summed E-state index contributed by atoms with van der Waals surface area (Å²) in [6.45, 7) is 3.90. The van der Waals surface area contributed by atoms with Crippen LogP contribution in [-0.4, -0.2) is 25.0 Å². The van der Waals surface area contributed by atoms with Crippen LogP contribution in [0.5, 0.6) is 0 Å². The number of ether oxygens (including phenoxy) is 1. The third-order valence-corrected chi connectivity index (χ3v) is 3.02. The minimum atomic E-state index is -0.674. The monoisotopic (exact) mass is 297 g/mol. The second-order valence-corrected chi connectivity index (χ2v) is 5.51. The smallest absolute Gasteiger partial charge is 0.328 e. The van der Waals surface area contributed by atoms with Gasteiger partial charge in [0.15, 0.2) is 0 Å². The van der Waals surface area contributed by atoms with Crippen LogP contribution in [-0.2, 0) is 20.7 Å². The van der Waals surface area contributed by atoms with Crippen molar-refractivity contribution in [1.29, 1.82) is 0 Å². The van der Waals surface area contributed by atoms with E-state index in [1.54, 1.807) is 12.1 Å². The zero-order chi connectivity index (χ0) is 15.1. The largest absolute Gasteiger partial charge is 0.467 e. The van der Waals surface area contributed by atoms with E-state index in [1.807, 2.05) is 26.0 Å². The summed E-state index contributed by atoms with van der Waals surface area (Å²) >= 11 is 5.82. The van der Waals surface area contributed by atoms with Gasteiger partial charge in [0.25, 0.3) is 0 Å². The molecule has 0 saturated heterocycles. The van der Waals surface area contributed by atoms with Crippen molar-refractivity contribution in [3.8, 4) is 0 Å². The number of hydrogen-bond acceptors (Lipinski definition) is 3. The van der Waals surface area contributed by atoms with Crippen molar-refractivity contribution >= 4 is 23.5 Å². The molecule has 1 atom stereocenters. The van der Waals surface area contributed by atoms with Crippen LogP contribution < -0.4 is 5.32 Å². The molecule has 5 heteroatoms. The molecule has 1 N–H and O–H groups in total. The fourth-order valence-electron chi connectivity index (χ4n) is 1.82. The third kappa shape index (κ3) is 5.61. The fraction of sp³-hybridized carbons (Fsp3) is 0.467. The van der Waals surface area contributed by atoms with Crippen LogP contribution in [0.4, 0.5) is 0 Å². The van der Waals surface area contributed by atoms with Gasteiger partial charge in [-0.3, -0.25) is 4.79 Å². The number of nitrogens with one attached hydrogen (secondary N) is 1. The predicted octanol–water partition coefficient (Wildman–Crippen LogP) is 2.59. The predicted molar refractivity (Wildman–Crippen MR) is 78.6 cm³/mol. The standard InChI is InChI=1S/C15H20ClNO3/c1-10(2)8-14(18)17-13(15(19)20-3)9-11-4-6-12(16)7-5-11/h4-7,10,13H,8-9H2,1-3H3,(H,17,18)/t13-/m0/s1. The van der Waals surface area contributed by atoms with Crippen LogP contribution in [0.2, 0.25) is 5.02 Å². The van der Waals surface area contributed by atoms with E-state index in [9.17, 15) is 9.59 Å². The Hall–Kier alpha value is -1.55. The number of carbonyl (C=O) groups excluding carboxylic acids is 2. The average Bonchev–Trinajstić information content (AvgIpc) is 2.38. The van der Waals surface area contributed by atoms with Crippen molar-refractivity contribution in [3.63, 3.8) is 0 Å². The number of rotatable bonds is 6. The second kappa shape index (κ2) is 7.90. The van der Waals surface area contributed by atoms with E-state index in [0.717, 1.165) is 5.56 Å². The van der Waals surface area contributed by atoms with Crippen LogP contribution in [0.15, 0.2) is 24.3 Å². The molecule has 0 heterocycles. The summed E-state index contributed by atoms with van der Waals surface area (Å²) in [5, 5.41) is 3.35. The lowest BCUT2D eigenvalue weighted by Gasteiger charge is -2.17. The number of carbonyl (C=O) groups is 2. The summed E-state index contributed by atoms with van der Waals surface area (Å²) < 4.78 is 4.73. The summed E-state index contributed by atoms with van der Waals surface area (Å²) in [6.07, 6.45) is 0.766. The highest BCUT2D eigenvalue weighted by atomic mass is 35.5. The van der Waals surface area contributed by atoms with Gasteiger partial charge in [-0.25, -0.2) is 4.79 Å². The Morgan fingerprint density at radius 1 is 1.25 bits per heavy atom. The van der Waals surface area contributed by atoms with Gasteiger partial charge in [-0.2, -0.15) is 0 Å². The van der Waals surface area contributed by atoms with Crippen LogP contribution >= 0.6 is 11.6 Å². The maximum Gasteiger partial charge on any atom is 0.328 e. The lowest BCUT2D eigenvalue weighted by Crippen LogP contribution is -2.43. The minimum absolute atomic E-state index is 0.149. The first kappa shape index (κ1) is 16.5. The Labute approximate surface area is 124 Å². The van der Waals surface area contributed by atoms with Crippen LogP contribution in [0.1, 0.15) is 25.8 Å². The molecule has 0 aliphatic rings. The molecule has 0 bridgehead atoms. The van der Waals surface area contributed by atoms with E-state index in [4.69, 9.17) is 16.3 Å². The molecule has 1 aromatic rings. The van der Waals surface area contributed by atoms with Gasteiger partial charge in [-0.15, -0.1) is 0 Å². The first-order chi connectivity index (χ1) is 9.42. The Bertz CT molecular complexity index is 457. The van der Waals surface area contributed by atoms with E-state index in [2.05, 4.69) is 5.32 Å². The molecular formula is C15H20ClNO3. The molecule has 0 aliphatic heterocycles. The molecule has 0 aliphatic carbocycles. The van der Waals surface area contributed by atoms with Gasteiger partial charge in [0.2, 0.25) is 5.91 Å². The van der Waals surface area contributed by atoms with Crippen molar-refractivity contribution in [2.45, 2.75) is 32.7 Å². The first-order valence-corrected chi connectivity index (χ1v) is 6.91. The van der Waals surface area contributed by atoms with Gasteiger partial charge in [-0.1, -0.05) is 37.6 Å². The van der Waals surface area contributed by atoms with Gasteiger partial charge in [0.05, 0.1) is 7.11 Å². The number of methoxy groups -OCH3 is 1. The molecule has 0 spiro atoms. The molecule has 20 heavy (non-hydrogen) atoms. The zero-order valence-corrected chi connectivity index (χ0v) is 12.7.